The fraction of sp³-hybridized carbons (Fsp3) is 0.0952. The minimum Gasteiger partial charge on any atom is -0.496 e. The molecule has 1 N–H and O–H groups in total. The number of carbonyl (C=O) groups is 1. The molecule has 0 saturated carbocycles. The fourth-order valence-electron chi connectivity index (χ4n) is 3.31. The van der Waals surface area contributed by atoms with Crippen LogP contribution in [0.25, 0.3) is 32.9 Å². The van der Waals surface area contributed by atoms with Gasteiger partial charge in [-0.3, -0.25) is 4.79 Å². The van der Waals surface area contributed by atoms with Crippen molar-refractivity contribution in [3.05, 3.63) is 65.7 Å². The van der Waals surface area contributed by atoms with Crippen molar-refractivity contribution in [2.75, 3.05) is 7.11 Å². The van der Waals surface area contributed by atoms with Gasteiger partial charge in [0.25, 0.3) is 0 Å². The van der Waals surface area contributed by atoms with Crippen molar-refractivity contribution in [1.82, 2.24) is 4.98 Å². The molecule has 0 aliphatic heterocycles. The lowest BCUT2D eigenvalue weighted by Gasteiger charge is -2.09. The zero-order valence-electron chi connectivity index (χ0n) is 13.6. The van der Waals surface area contributed by atoms with Gasteiger partial charge in [-0.05, 0) is 24.4 Å². The number of nitrogens with one attached hydrogen (secondary N) is 1. The summed E-state index contributed by atoms with van der Waals surface area (Å²) in [5, 5.41) is 3.18. The van der Waals surface area contributed by atoms with Gasteiger partial charge in [0.2, 0.25) is 0 Å². The lowest BCUT2D eigenvalue weighted by atomic mass is 10.0. The predicted octanol–water partition coefficient (Wildman–Crippen LogP) is 5.12. The van der Waals surface area contributed by atoms with E-state index >= 15 is 0 Å². The van der Waals surface area contributed by atoms with Crippen molar-refractivity contribution >= 4 is 28.0 Å². The summed E-state index contributed by atoms with van der Waals surface area (Å²) in [6, 6.07) is 18.2. The molecule has 1 aromatic heterocycles. The molecule has 0 atom stereocenters. The van der Waals surface area contributed by atoms with Gasteiger partial charge in [-0.2, -0.15) is 0 Å². The van der Waals surface area contributed by atoms with E-state index in [9.17, 15) is 4.79 Å². The number of carbonyl (C=O) groups excluding carboxylic acids is 1. The van der Waals surface area contributed by atoms with Crippen molar-refractivity contribution < 1.29 is 9.53 Å². The molecule has 0 aliphatic carbocycles. The summed E-state index contributed by atoms with van der Waals surface area (Å²) >= 11 is 0. The number of methoxy groups -OCH3 is 1. The van der Waals surface area contributed by atoms with Gasteiger partial charge in [-0.15, -0.1) is 0 Å². The maximum Gasteiger partial charge on any atom is 0.152 e. The normalized spacial score (nSPS) is 11.1. The number of aryl methyl sites for hydroxylation is 1. The highest BCUT2D eigenvalue weighted by atomic mass is 16.5. The predicted molar refractivity (Wildman–Crippen MR) is 97.9 cm³/mol. The molecule has 24 heavy (non-hydrogen) atoms. The molecule has 118 valence electrons. The Morgan fingerprint density at radius 2 is 1.83 bits per heavy atom. The molecular weight excluding hydrogens is 298 g/mol. The molecule has 4 rings (SSSR count). The average molecular weight is 315 g/mol. The van der Waals surface area contributed by atoms with Gasteiger partial charge in [-0.25, -0.2) is 0 Å². The maximum absolute atomic E-state index is 11.8. The molecule has 0 amide bonds. The van der Waals surface area contributed by atoms with Crippen molar-refractivity contribution in [2.24, 2.45) is 0 Å². The first-order chi connectivity index (χ1) is 11.7. The molecule has 0 spiro atoms. The standard InChI is InChI=1S/C21H17NO2/c1-13-7-10-19(24-2)17(11-13)21-18(12-23)16-9-8-14-5-3-4-6-15(14)20(16)22-21/h3-12,22H,1-2H3. The van der Waals surface area contributed by atoms with Crippen LogP contribution in [0.1, 0.15) is 15.9 Å². The maximum atomic E-state index is 11.8. The van der Waals surface area contributed by atoms with E-state index in [0.29, 0.717) is 5.56 Å². The van der Waals surface area contributed by atoms with Crippen LogP contribution in [-0.2, 0) is 0 Å². The summed E-state index contributed by atoms with van der Waals surface area (Å²) in [7, 11) is 1.65. The number of hydrogen-bond donors (Lipinski definition) is 1. The van der Waals surface area contributed by atoms with E-state index in [4.69, 9.17) is 4.74 Å². The van der Waals surface area contributed by atoms with Crippen LogP contribution < -0.4 is 4.74 Å². The third kappa shape index (κ3) is 2.09. The van der Waals surface area contributed by atoms with E-state index in [-0.39, 0.29) is 0 Å². The van der Waals surface area contributed by atoms with Crippen LogP contribution in [0, 0.1) is 6.92 Å². The molecule has 1 heterocycles. The number of H-pyrrole nitrogens is 1. The number of rotatable bonds is 3. The monoisotopic (exact) mass is 315 g/mol. The smallest absolute Gasteiger partial charge is 0.152 e. The van der Waals surface area contributed by atoms with Crippen LogP contribution in [0.15, 0.2) is 54.6 Å². The number of hydrogen-bond acceptors (Lipinski definition) is 2. The molecule has 3 nitrogen and oxygen atoms in total. The van der Waals surface area contributed by atoms with Crippen molar-refractivity contribution in [1.29, 1.82) is 0 Å². The Kier molecular flexibility index (Phi) is 3.35. The van der Waals surface area contributed by atoms with Crippen LogP contribution in [0.5, 0.6) is 5.75 Å². The van der Waals surface area contributed by atoms with Crippen LogP contribution >= 0.6 is 0 Å². The number of fused-ring (bicyclic) bond motifs is 3. The first kappa shape index (κ1) is 14.5. The molecule has 0 radical (unpaired) electrons. The van der Waals surface area contributed by atoms with Crippen molar-refractivity contribution in [2.45, 2.75) is 6.92 Å². The van der Waals surface area contributed by atoms with Crippen LogP contribution in [0.2, 0.25) is 0 Å². The lowest BCUT2D eigenvalue weighted by Crippen LogP contribution is -1.91. The third-order valence-electron chi connectivity index (χ3n) is 4.48. The van der Waals surface area contributed by atoms with Gasteiger partial charge >= 0.3 is 0 Å². The number of aromatic nitrogens is 1. The van der Waals surface area contributed by atoms with E-state index < -0.39 is 0 Å². The van der Waals surface area contributed by atoms with Crippen LogP contribution in [0.4, 0.5) is 0 Å². The number of benzene rings is 3. The first-order valence-electron chi connectivity index (χ1n) is 7.86. The van der Waals surface area contributed by atoms with E-state index in [1.165, 1.54) is 0 Å². The highest BCUT2D eigenvalue weighted by Crippen LogP contribution is 2.37. The number of aldehydes is 1. The van der Waals surface area contributed by atoms with Crippen molar-refractivity contribution in [3.63, 3.8) is 0 Å². The molecule has 0 unspecified atom stereocenters. The minimum atomic E-state index is 0.666. The molecule has 0 aliphatic rings. The van der Waals surface area contributed by atoms with Gasteiger partial charge in [0.15, 0.2) is 6.29 Å². The fourth-order valence-corrected chi connectivity index (χ4v) is 3.31. The Balaban J connectivity index is 2.11. The second kappa shape index (κ2) is 5.53. The number of aromatic amines is 1. The summed E-state index contributed by atoms with van der Waals surface area (Å²) in [5.74, 6) is 0.750. The Hall–Kier alpha value is -3.07. The lowest BCUT2D eigenvalue weighted by molar-refractivity contribution is 0.112. The molecule has 3 heteroatoms. The molecule has 0 bridgehead atoms. The summed E-state index contributed by atoms with van der Waals surface area (Å²) in [6.45, 7) is 2.03. The van der Waals surface area contributed by atoms with E-state index in [0.717, 1.165) is 50.5 Å². The molecule has 0 saturated heterocycles. The Labute approximate surface area is 139 Å². The zero-order chi connectivity index (χ0) is 16.7. The van der Waals surface area contributed by atoms with Crippen LogP contribution in [-0.4, -0.2) is 18.4 Å². The van der Waals surface area contributed by atoms with Crippen LogP contribution in [0.3, 0.4) is 0 Å². The summed E-state index contributed by atoms with van der Waals surface area (Å²) < 4.78 is 5.50. The first-order valence-corrected chi connectivity index (χ1v) is 7.86. The molecular formula is C21H17NO2. The summed E-state index contributed by atoms with van der Waals surface area (Å²) in [5.41, 5.74) is 4.47. The van der Waals surface area contributed by atoms with E-state index in [2.05, 4.69) is 23.2 Å². The highest BCUT2D eigenvalue weighted by Gasteiger charge is 2.17. The quantitative estimate of drug-likeness (QED) is 0.533. The second-order valence-corrected chi connectivity index (χ2v) is 5.94. The molecule has 4 aromatic rings. The Morgan fingerprint density at radius 3 is 2.62 bits per heavy atom. The third-order valence-corrected chi connectivity index (χ3v) is 4.48. The average Bonchev–Trinajstić information content (AvgIpc) is 3.00. The highest BCUT2D eigenvalue weighted by molar-refractivity contribution is 6.14. The topological polar surface area (TPSA) is 42.1 Å². The molecule has 3 aromatic carbocycles. The van der Waals surface area contributed by atoms with Gasteiger partial charge < -0.3 is 9.72 Å². The summed E-state index contributed by atoms with van der Waals surface area (Å²) in [4.78, 5) is 15.3. The number of ether oxygens (including phenoxy) is 1. The van der Waals surface area contributed by atoms with Gasteiger partial charge in [0.1, 0.15) is 5.75 Å². The molecule has 0 fully saturated rings. The minimum absolute atomic E-state index is 0.666. The van der Waals surface area contributed by atoms with Gasteiger partial charge in [0, 0.05) is 21.9 Å². The summed E-state index contributed by atoms with van der Waals surface area (Å²) in [6.07, 6.45) is 0.921. The van der Waals surface area contributed by atoms with E-state index in [1.807, 2.05) is 43.3 Å². The second-order valence-electron chi connectivity index (χ2n) is 5.94. The van der Waals surface area contributed by atoms with Crippen molar-refractivity contribution in [3.8, 4) is 17.0 Å². The largest absolute Gasteiger partial charge is 0.496 e. The van der Waals surface area contributed by atoms with E-state index in [1.54, 1.807) is 7.11 Å². The SMILES string of the molecule is COc1ccc(C)cc1-c1[nH]c2c(ccc3ccccc32)c1C=O. The Morgan fingerprint density at radius 1 is 1.00 bits per heavy atom. The Bertz CT molecular complexity index is 1080. The van der Waals surface area contributed by atoms with Gasteiger partial charge in [0.05, 0.1) is 18.3 Å². The van der Waals surface area contributed by atoms with Gasteiger partial charge in [-0.1, -0.05) is 48.0 Å². The zero-order valence-corrected chi connectivity index (χ0v) is 13.6.